The van der Waals surface area contributed by atoms with Crippen LogP contribution < -0.4 is 4.72 Å². The van der Waals surface area contributed by atoms with E-state index in [0.29, 0.717) is 12.8 Å². The van der Waals surface area contributed by atoms with E-state index >= 15 is 0 Å². The van der Waals surface area contributed by atoms with Gasteiger partial charge in [0.1, 0.15) is 6.61 Å². The van der Waals surface area contributed by atoms with Crippen LogP contribution in [0.3, 0.4) is 0 Å². The summed E-state index contributed by atoms with van der Waals surface area (Å²) in [5.41, 5.74) is -7.99. The second-order valence-electron chi connectivity index (χ2n) is 5.88. The van der Waals surface area contributed by atoms with E-state index in [1.165, 1.54) is 24.6 Å². The summed E-state index contributed by atoms with van der Waals surface area (Å²) >= 11 is 0. The van der Waals surface area contributed by atoms with E-state index in [9.17, 15) is 26.4 Å². The number of esters is 1. The van der Waals surface area contributed by atoms with Gasteiger partial charge in [-0.1, -0.05) is 19.4 Å². The topological polar surface area (TPSA) is 72.5 Å². The van der Waals surface area contributed by atoms with Gasteiger partial charge in [0.25, 0.3) is 0 Å². The lowest BCUT2D eigenvalue weighted by atomic mass is 9.86. The smallest absolute Gasteiger partial charge is 0.463 e. The van der Waals surface area contributed by atoms with Crippen LogP contribution >= 0.6 is 0 Å². The summed E-state index contributed by atoms with van der Waals surface area (Å²) in [5.74, 6) is -0.663. The molecule has 0 spiro atoms. The van der Waals surface area contributed by atoms with Crippen LogP contribution in [0.4, 0.5) is 13.2 Å². The molecule has 130 valence electrons. The minimum absolute atomic E-state index is 0.462. The van der Waals surface area contributed by atoms with Crippen molar-refractivity contribution < 1.29 is 31.1 Å². The maximum absolute atomic E-state index is 12.3. The van der Waals surface area contributed by atoms with Gasteiger partial charge in [-0.2, -0.15) is 17.9 Å². The minimum Gasteiger partial charge on any atom is -0.463 e. The maximum Gasteiger partial charge on any atom is 0.511 e. The van der Waals surface area contributed by atoms with E-state index in [-0.39, 0.29) is 0 Å². The fourth-order valence-electron chi connectivity index (χ4n) is 1.67. The average molecular weight is 345 g/mol. The number of hydrogen-bond donors (Lipinski definition) is 1. The predicted molar refractivity (Wildman–Crippen MR) is 76.4 cm³/mol. The zero-order valence-electron chi connectivity index (χ0n) is 13.1. The summed E-state index contributed by atoms with van der Waals surface area (Å²) < 4.78 is 65.6. The van der Waals surface area contributed by atoms with Crippen LogP contribution in [0.2, 0.25) is 0 Å². The molecule has 0 aliphatic carbocycles. The van der Waals surface area contributed by atoms with Gasteiger partial charge in [0, 0.05) is 0 Å². The quantitative estimate of drug-likeness (QED) is 0.542. The second kappa shape index (κ2) is 6.99. The summed E-state index contributed by atoms with van der Waals surface area (Å²) in [7, 11) is -5.52. The van der Waals surface area contributed by atoms with E-state index < -0.39 is 39.1 Å². The number of sulfonamides is 1. The number of alkyl halides is 3. The van der Waals surface area contributed by atoms with Gasteiger partial charge < -0.3 is 4.74 Å². The lowest BCUT2D eigenvalue weighted by Crippen LogP contribution is -2.52. The molecule has 0 bridgehead atoms. The third-order valence-electron chi connectivity index (χ3n) is 2.97. The standard InChI is InChI=1S/C13H22F3NO4S/c1-6-8-12(5,7-2)10(18)21-9-11(3,4)17-22(19,20)13(14,15)16/h7,17H,2,6,8-9H2,1,3-5H3. The number of carbonyl (C=O) groups excluding carboxylic acids is 1. The minimum atomic E-state index is -5.52. The van der Waals surface area contributed by atoms with Crippen LogP contribution in [-0.2, 0) is 19.6 Å². The molecule has 0 saturated carbocycles. The molecule has 0 heterocycles. The molecule has 0 fully saturated rings. The van der Waals surface area contributed by atoms with E-state index in [0.717, 1.165) is 0 Å². The van der Waals surface area contributed by atoms with Gasteiger partial charge in [0.2, 0.25) is 0 Å². The molecule has 9 heteroatoms. The zero-order chi connectivity index (χ0) is 17.8. The number of ether oxygens (including phenoxy) is 1. The lowest BCUT2D eigenvalue weighted by Gasteiger charge is -2.29. The molecule has 0 aromatic carbocycles. The fraction of sp³-hybridized carbons (Fsp3) is 0.769. The molecule has 0 radical (unpaired) electrons. The molecule has 0 saturated heterocycles. The molecule has 0 aliphatic rings. The molecule has 0 amide bonds. The third kappa shape index (κ3) is 5.60. The first kappa shape index (κ1) is 20.9. The summed E-state index contributed by atoms with van der Waals surface area (Å²) in [6.07, 6.45) is 2.55. The Morgan fingerprint density at radius 2 is 1.77 bits per heavy atom. The normalized spacial score (nSPS) is 16.0. The maximum atomic E-state index is 12.3. The number of hydrogen-bond acceptors (Lipinski definition) is 4. The van der Waals surface area contributed by atoms with Crippen molar-refractivity contribution >= 4 is 16.0 Å². The zero-order valence-corrected chi connectivity index (χ0v) is 13.9. The molecule has 0 aromatic rings. The number of halogens is 3. The van der Waals surface area contributed by atoms with E-state index in [1.807, 2.05) is 6.92 Å². The number of nitrogens with one attached hydrogen (secondary N) is 1. The second-order valence-corrected chi connectivity index (χ2v) is 7.56. The van der Waals surface area contributed by atoms with Crippen LogP contribution in [0.1, 0.15) is 40.5 Å². The lowest BCUT2D eigenvalue weighted by molar-refractivity contribution is -0.154. The summed E-state index contributed by atoms with van der Waals surface area (Å²) in [4.78, 5) is 12.0. The monoisotopic (exact) mass is 345 g/mol. The van der Waals surface area contributed by atoms with Gasteiger partial charge in [-0.25, -0.2) is 8.42 Å². The molecule has 1 unspecified atom stereocenters. The Kier molecular flexibility index (Phi) is 6.65. The van der Waals surface area contributed by atoms with Gasteiger partial charge in [-0.3, -0.25) is 4.79 Å². The Hall–Kier alpha value is -1.09. The van der Waals surface area contributed by atoms with Crippen LogP contribution in [0.5, 0.6) is 0 Å². The van der Waals surface area contributed by atoms with Gasteiger partial charge in [-0.15, -0.1) is 6.58 Å². The Morgan fingerprint density at radius 3 is 2.14 bits per heavy atom. The first-order valence-corrected chi connectivity index (χ1v) is 8.10. The van der Waals surface area contributed by atoms with Crippen molar-refractivity contribution in [3.05, 3.63) is 12.7 Å². The molecule has 0 aliphatic heterocycles. The Labute approximate surface area is 129 Å². The molecule has 0 aromatic heterocycles. The summed E-state index contributed by atoms with van der Waals surface area (Å²) in [6, 6.07) is 0. The van der Waals surface area contributed by atoms with Crippen LogP contribution in [0, 0.1) is 5.41 Å². The van der Waals surface area contributed by atoms with E-state index in [2.05, 4.69) is 6.58 Å². The predicted octanol–water partition coefficient (Wildman–Crippen LogP) is 2.74. The van der Waals surface area contributed by atoms with E-state index in [1.54, 1.807) is 6.92 Å². The van der Waals surface area contributed by atoms with Gasteiger partial charge in [0.05, 0.1) is 11.0 Å². The Bertz CT molecular complexity index is 514. The molecular formula is C13H22F3NO4S. The molecule has 1 N–H and O–H groups in total. The number of carbonyl (C=O) groups is 1. The summed E-state index contributed by atoms with van der Waals surface area (Å²) in [5, 5.41) is 0. The Morgan fingerprint density at radius 1 is 1.27 bits per heavy atom. The highest BCUT2D eigenvalue weighted by Gasteiger charge is 2.48. The van der Waals surface area contributed by atoms with Crippen molar-refractivity contribution in [3.63, 3.8) is 0 Å². The highest BCUT2D eigenvalue weighted by atomic mass is 32.2. The largest absolute Gasteiger partial charge is 0.511 e. The Balaban J connectivity index is 4.89. The van der Waals surface area contributed by atoms with Gasteiger partial charge in [-0.05, 0) is 27.2 Å². The molecule has 1 atom stereocenters. The fourth-order valence-corrected chi connectivity index (χ4v) is 2.57. The van der Waals surface area contributed by atoms with Crippen molar-refractivity contribution in [2.24, 2.45) is 5.41 Å². The first-order chi connectivity index (χ1) is 9.71. The van der Waals surface area contributed by atoms with Crippen molar-refractivity contribution in [2.45, 2.75) is 51.6 Å². The average Bonchev–Trinajstić information content (AvgIpc) is 2.33. The summed E-state index contributed by atoms with van der Waals surface area (Å²) in [6.45, 7) is 8.85. The SMILES string of the molecule is C=CC(C)(CCC)C(=O)OCC(C)(C)NS(=O)(=O)C(F)(F)F. The number of rotatable bonds is 8. The van der Waals surface area contributed by atoms with Crippen molar-refractivity contribution in [2.75, 3.05) is 6.61 Å². The molecule has 5 nitrogen and oxygen atoms in total. The van der Waals surface area contributed by atoms with Crippen molar-refractivity contribution in [3.8, 4) is 0 Å². The van der Waals surface area contributed by atoms with Crippen molar-refractivity contribution in [1.29, 1.82) is 0 Å². The first-order valence-electron chi connectivity index (χ1n) is 6.62. The highest BCUT2D eigenvalue weighted by molar-refractivity contribution is 7.90. The molecular weight excluding hydrogens is 323 g/mol. The highest BCUT2D eigenvalue weighted by Crippen LogP contribution is 2.27. The van der Waals surface area contributed by atoms with Crippen molar-refractivity contribution in [1.82, 2.24) is 4.72 Å². The van der Waals surface area contributed by atoms with Gasteiger partial charge >= 0.3 is 21.5 Å². The van der Waals surface area contributed by atoms with Gasteiger partial charge in [0.15, 0.2) is 0 Å². The molecule has 0 rings (SSSR count). The van der Waals surface area contributed by atoms with Crippen LogP contribution in [-0.4, -0.2) is 32.0 Å². The van der Waals surface area contributed by atoms with E-state index in [4.69, 9.17) is 4.74 Å². The van der Waals surface area contributed by atoms with Crippen LogP contribution in [0.15, 0.2) is 12.7 Å². The van der Waals surface area contributed by atoms with Crippen LogP contribution in [0.25, 0.3) is 0 Å². The molecule has 22 heavy (non-hydrogen) atoms. The third-order valence-corrected chi connectivity index (χ3v) is 4.40.